The van der Waals surface area contributed by atoms with Gasteiger partial charge in [0.2, 0.25) is 5.91 Å². The van der Waals surface area contributed by atoms with Gasteiger partial charge in [0, 0.05) is 30.2 Å². The Labute approximate surface area is 162 Å². The average molecular weight is 385 g/mol. The Morgan fingerprint density at radius 1 is 1.30 bits per heavy atom. The summed E-state index contributed by atoms with van der Waals surface area (Å²) in [5, 5.41) is 6.72. The van der Waals surface area contributed by atoms with Crippen LogP contribution in [0, 0.1) is 5.92 Å². The number of fused-ring (bicyclic) bond motifs is 2. The topological polar surface area (TPSA) is 68.3 Å². The molecule has 0 N–H and O–H groups in total. The molecule has 2 aliphatic rings. The molecule has 3 aromatic rings. The Hall–Kier alpha value is -2.22. The molecule has 27 heavy (non-hydrogen) atoms. The molecule has 3 aromatic heterocycles. The predicted molar refractivity (Wildman–Crippen MR) is 103 cm³/mol. The second kappa shape index (κ2) is 6.44. The van der Waals surface area contributed by atoms with Crippen molar-refractivity contribution in [3.63, 3.8) is 0 Å². The number of nitrogens with zero attached hydrogens (tertiary/aromatic N) is 6. The molecule has 1 fully saturated rings. The van der Waals surface area contributed by atoms with E-state index < -0.39 is 0 Å². The quantitative estimate of drug-likeness (QED) is 0.678. The third-order valence-electron chi connectivity index (χ3n) is 5.38. The summed E-state index contributed by atoms with van der Waals surface area (Å²) in [4.78, 5) is 25.5. The van der Waals surface area contributed by atoms with Gasteiger partial charge in [-0.3, -0.25) is 9.20 Å². The van der Waals surface area contributed by atoms with Crippen molar-refractivity contribution in [2.75, 3.05) is 6.54 Å². The number of thiazole rings is 1. The maximum Gasteiger partial charge on any atom is 0.229 e. The highest BCUT2D eigenvalue weighted by Gasteiger charge is 2.37. The average Bonchev–Trinajstić information content (AvgIpc) is 3.05. The normalized spacial score (nSPS) is 19.8. The molecule has 0 saturated heterocycles. The van der Waals surface area contributed by atoms with Crippen molar-refractivity contribution >= 4 is 22.2 Å². The van der Waals surface area contributed by atoms with Gasteiger partial charge in [-0.05, 0) is 25.2 Å². The van der Waals surface area contributed by atoms with Crippen molar-refractivity contribution in [2.45, 2.75) is 58.0 Å². The minimum Gasteiger partial charge on any atom is -0.330 e. The molecule has 1 amide bonds. The lowest BCUT2D eigenvalue weighted by Gasteiger charge is -2.36. The van der Waals surface area contributed by atoms with Crippen molar-refractivity contribution in [3.8, 4) is 0 Å². The van der Waals surface area contributed by atoms with Gasteiger partial charge in [0.25, 0.3) is 0 Å². The molecule has 0 radical (unpaired) electrons. The van der Waals surface area contributed by atoms with Crippen LogP contribution in [0.5, 0.6) is 0 Å². The van der Waals surface area contributed by atoms with Gasteiger partial charge in [-0.25, -0.2) is 14.6 Å². The monoisotopic (exact) mass is 384 g/mol. The second-order valence-corrected chi connectivity index (χ2v) is 8.93. The van der Waals surface area contributed by atoms with Gasteiger partial charge >= 0.3 is 0 Å². The first-order valence-corrected chi connectivity index (χ1v) is 10.6. The first-order valence-electron chi connectivity index (χ1n) is 9.73. The van der Waals surface area contributed by atoms with Crippen LogP contribution in [0.4, 0.5) is 0 Å². The summed E-state index contributed by atoms with van der Waals surface area (Å²) in [5.74, 6) is 3.09. The molecule has 7 nitrogen and oxygen atoms in total. The highest BCUT2D eigenvalue weighted by molar-refractivity contribution is 7.15. The fourth-order valence-electron chi connectivity index (χ4n) is 3.89. The summed E-state index contributed by atoms with van der Waals surface area (Å²) < 4.78 is 4.02. The lowest BCUT2D eigenvalue weighted by atomic mass is 9.99. The molecule has 1 saturated carbocycles. The van der Waals surface area contributed by atoms with Gasteiger partial charge in [-0.15, -0.1) is 11.3 Å². The van der Waals surface area contributed by atoms with E-state index in [0.717, 1.165) is 35.3 Å². The molecule has 0 bridgehead atoms. The van der Waals surface area contributed by atoms with Crippen molar-refractivity contribution in [1.82, 2.24) is 29.0 Å². The predicted octanol–water partition coefficient (Wildman–Crippen LogP) is 3.04. The number of carbonyl (C=O) groups excluding carboxylic acids is 1. The molecule has 1 atom stereocenters. The first-order chi connectivity index (χ1) is 13.1. The van der Waals surface area contributed by atoms with Crippen LogP contribution in [0.1, 0.15) is 62.4 Å². The van der Waals surface area contributed by atoms with E-state index >= 15 is 0 Å². The zero-order chi connectivity index (χ0) is 18.5. The summed E-state index contributed by atoms with van der Waals surface area (Å²) in [7, 11) is 0. The van der Waals surface area contributed by atoms with E-state index in [2.05, 4.69) is 18.8 Å². The Morgan fingerprint density at radius 2 is 2.15 bits per heavy atom. The number of rotatable bonds is 5. The molecule has 0 aromatic carbocycles. The van der Waals surface area contributed by atoms with Crippen LogP contribution in [-0.4, -0.2) is 41.5 Å². The zero-order valence-corrected chi connectivity index (χ0v) is 16.5. The number of aromatic nitrogens is 5. The molecule has 0 spiro atoms. The SMILES string of the molecule is CC(C)C[C@H]1c2nc(C3CC3)nn2CCN1C(=O)Cc1cn2ccsc2n1. The molecule has 1 aliphatic heterocycles. The summed E-state index contributed by atoms with van der Waals surface area (Å²) >= 11 is 1.59. The van der Waals surface area contributed by atoms with E-state index in [1.54, 1.807) is 11.3 Å². The lowest BCUT2D eigenvalue weighted by molar-refractivity contribution is -0.134. The smallest absolute Gasteiger partial charge is 0.229 e. The molecule has 0 unspecified atom stereocenters. The lowest BCUT2D eigenvalue weighted by Crippen LogP contribution is -2.43. The Bertz CT molecular complexity index is 953. The Kier molecular flexibility index (Phi) is 4.03. The van der Waals surface area contributed by atoms with Crippen molar-refractivity contribution in [3.05, 3.63) is 35.1 Å². The number of amides is 1. The first kappa shape index (κ1) is 16.9. The fraction of sp³-hybridized carbons (Fsp3) is 0.579. The second-order valence-electron chi connectivity index (χ2n) is 8.06. The third kappa shape index (κ3) is 3.16. The van der Waals surface area contributed by atoms with E-state index in [1.807, 2.05) is 31.8 Å². The highest BCUT2D eigenvalue weighted by atomic mass is 32.1. The highest BCUT2D eigenvalue weighted by Crippen LogP contribution is 2.40. The van der Waals surface area contributed by atoms with Crippen LogP contribution >= 0.6 is 11.3 Å². The third-order valence-corrected chi connectivity index (χ3v) is 6.15. The minimum absolute atomic E-state index is 0.00924. The molecule has 8 heteroatoms. The van der Waals surface area contributed by atoms with E-state index in [-0.39, 0.29) is 11.9 Å². The largest absolute Gasteiger partial charge is 0.330 e. The van der Waals surface area contributed by atoms with E-state index in [9.17, 15) is 4.79 Å². The molecule has 142 valence electrons. The standard InChI is InChI=1S/C19H24N6OS/c1-12(2)9-15-18-21-17(13-3-4-13)22-25(18)6-5-24(15)16(26)10-14-11-23-7-8-27-19(23)20-14/h7-8,11-13,15H,3-6,9-10H2,1-2H3/t15-/m0/s1. The van der Waals surface area contributed by atoms with Gasteiger partial charge in [0.1, 0.15) is 5.82 Å². The van der Waals surface area contributed by atoms with Crippen LogP contribution in [0.2, 0.25) is 0 Å². The molecule has 1 aliphatic carbocycles. The van der Waals surface area contributed by atoms with Gasteiger partial charge < -0.3 is 4.90 Å². The van der Waals surface area contributed by atoms with Gasteiger partial charge in [0.05, 0.1) is 24.7 Å². The number of hydrogen-bond acceptors (Lipinski definition) is 5. The maximum atomic E-state index is 13.1. The Balaban J connectivity index is 1.40. The number of carbonyl (C=O) groups is 1. The Morgan fingerprint density at radius 3 is 2.89 bits per heavy atom. The summed E-state index contributed by atoms with van der Waals surface area (Å²) in [5.41, 5.74) is 0.834. The molecule has 5 rings (SSSR count). The summed E-state index contributed by atoms with van der Waals surface area (Å²) in [6.07, 6.45) is 7.57. The van der Waals surface area contributed by atoms with E-state index in [0.29, 0.717) is 24.8 Å². The molecular formula is C19H24N6OS. The van der Waals surface area contributed by atoms with Crippen LogP contribution in [-0.2, 0) is 17.8 Å². The van der Waals surface area contributed by atoms with Crippen LogP contribution in [0.3, 0.4) is 0 Å². The van der Waals surface area contributed by atoms with Crippen molar-refractivity contribution < 1.29 is 4.79 Å². The number of imidazole rings is 1. The molecular weight excluding hydrogens is 360 g/mol. The van der Waals surface area contributed by atoms with Crippen LogP contribution < -0.4 is 0 Å². The summed E-state index contributed by atoms with van der Waals surface area (Å²) in [6.45, 7) is 5.82. The van der Waals surface area contributed by atoms with Crippen molar-refractivity contribution in [1.29, 1.82) is 0 Å². The van der Waals surface area contributed by atoms with Gasteiger partial charge in [-0.1, -0.05) is 13.8 Å². The van der Waals surface area contributed by atoms with Crippen LogP contribution in [0.15, 0.2) is 17.8 Å². The van der Waals surface area contributed by atoms with Crippen molar-refractivity contribution in [2.24, 2.45) is 5.92 Å². The fourth-order valence-corrected chi connectivity index (χ4v) is 4.61. The maximum absolute atomic E-state index is 13.1. The molecule has 4 heterocycles. The van der Waals surface area contributed by atoms with E-state index in [1.165, 1.54) is 12.8 Å². The van der Waals surface area contributed by atoms with E-state index in [4.69, 9.17) is 10.1 Å². The summed E-state index contributed by atoms with van der Waals surface area (Å²) in [6, 6.07) is 0.00924. The minimum atomic E-state index is 0.00924. The van der Waals surface area contributed by atoms with Gasteiger partial charge in [-0.2, -0.15) is 5.10 Å². The van der Waals surface area contributed by atoms with Crippen LogP contribution in [0.25, 0.3) is 4.96 Å². The van der Waals surface area contributed by atoms with Gasteiger partial charge in [0.15, 0.2) is 10.8 Å². The number of hydrogen-bond donors (Lipinski definition) is 0. The zero-order valence-electron chi connectivity index (χ0n) is 15.7.